The molecular formula is C32H54N8O6S3. The Labute approximate surface area is 303 Å². The lowest BCUT2D eigenvalue weighted by Gasteiger charge is -2.16. The Balaban J connectivity index is 0.000000306. The molecule has 1 atom stereocenters. The first-order valence-corrected chi connectivity index (χ1v) is 18.0. The van der Waals surface area contributed by atoms with Crippen LogP contribution in [-0.4, -0.2) is 55.6 Å². The summed E-state index contributed by atoms with van der Waals surface area (Å²) in [6.45, 7) is 31.5. The van der Waals surface area contributed by atoms with Crippen LogP contribution in [0.1, 0.15) is 123 Å². The van der Waals surface area contributed by atoms with E-state index in [1.54, 1.807) is 0 Å². The molecule has 0 spiro atoms. The second kappa shape index (κ2) is 17.9. The highest BCUT2D eigenvalue weighted by molar-refractivity contribution is 8.13. The lowest BCUT2D eigenvalue weighted by molar-refractivity contribution is -0.140. The molecule has 0 fully saturated rings. The molecule has 5 aliphatic heterocycles. The first-order chi connectivity index (χ1) is 22.1. The van der Waals surface area contributed by atoms with Gasteiger partial charge in [-0.05, 0) is 17.4 Å². The Morgan fingerprint density at radius 1 is 0.694 bits per heavy atom. The number of carbonyl (C=O) groups is 2. The van der Waals surface area contributed by atoms with Crippen LogP contribution in [0, 0.1) is 27.1 Å². The number of hydrogen-bond donors (Lipinski definition) is 1. The molecule has 1 unspecified atom stereocenters. The minimum absolute atomic E-state index is 0.0356. The van der Waals surface area contributed by atoms with Gasteiger partial charge in [-0.1, -0.05) is 114 Å². The average Bonchev–Trinajstić information content (AvgIpc) is 3.74. The van der Waals surface area contributed by atoms with Crippen LogP contribution < -0.4 is 5.48 Å². The van der Waals surface area contributed by atoms with Crippen LogP contribution in [-0.2, 0) is 34.8 Å². The molecule has 276 valence electrons. The Bertz CT molecular complexity index is 1330. The maximum atomic E-state index is 10.7. The highest BCUT2D eigenvalue weighted by Gasteiger charge is 2.29. The van der Waals surface area contributed by atoms with Crippen molar-refractivity contribution in [1.29, 1.82) is 0 Å². The number of amidine groups is 1. The first kappa shape index (κ1) is 44.3. The van der Waals surface area contributed by atoms with Crippen molar-refractivity contribution in [3.63, 3.8) is 0 Å². The van der Waals surface area contributed by atoms with Gasteiger partial charge in [-0.15, -0.1) is 9.50 Å². The number of oxime groups is 2. The van der Waals surface area contributed by atoms with E-state index in [1.165, 1.54) is 0 Å². The topological polar surface area (TPSA) is 177 Å². The van der Waals surface area contributed by atoms with Crippen molar-refractivity contribution in [2.75, 3.05) is 6.54 Å². The van der Waals surface area contributed by atoms with E-state index in [-0.39, 0.29) is 38.2 Å². The average molecular weight is 743 g/mol. The zero-order chi connectivity index (χ0) is 38.0. The van der Waals surface area contributed by atoms with Gasteiger partial charge >= 0.3 is 17.2 Å². The molecule has 5 rings (SSSR count). The van der Waals surface area contributed by atoms with Gasteiger partial charge in [0.05, 0.1) is 36.4 Å². The van der Waals surface area contributed by atoms with E-state index in [0.29, 0.717) is 30.3 Å². The van der Waals surface area contributed by atoms with Gasteiger partial charge in [0.25, 0.3) is 0 Å². The van der Waals surface area contributed by atoms with Crippen LogP contribution in [0.25, 0.3) is 0 Å². The monoisotopic (exact) mass is 742 g/mol. The van der Waals surface area contributed by atoms with Crippen molar-refractivity contribution >= 4 is 80.2 Å². The fourth-order valence-corrected chi connectivity index (χ4v) is 4.78. The fraction of sp³-hybridized carbons (Fsp3) is 0.750. The van der Waals surface area contributed by atoms with Crippen molar-refractivity contribution in [3.8, 4) is 0 Å². The number of rotatable bonds is 0. The molecule has 49 heavy (non-hydrogen) atoms. The van der Waals surface area contributed by atoms with Crippen molar-refractivity contribution in [2.24, 2.45) is 61.6 Å². The van der Waals surface area contributed by atoms with Crippen LogP contribution in [0.4, 0.5) is 0 Å². The summed E-state index contributed by atoms with van der Waals surface area (Å²) in [5.74, 6) is 0.385. The number of hydroxylamine groups is 1. The summed E-state index contributed by atoms with van der Waals surface area (Å²) in [5.41, 5.74) is 6.61. The van der Waals surface area contributed by atoms with E-state index in [9.17, 15) is 13.8 Å². The van der Waals surface area contributed by atoms with Crippen LogP contribution in [0.2, 0.25) is 0 Å². The third-order valence-electron chi connectivity index (χ3n) is 6.71. The molecule has 0 saturated carbocycles. The van der Waals surface area contributed by atoms with Gasteiger partial charge < -0.3 is 9.68 Å². The van der Waals surface area contributed by atoms with Crippen LogP contribution in [0.15, 0.2) is 34.5 Å². The molecular weight excluding hydrogens is 689 g/mol. The standard InChI is InChI=1S/C7H11NO2.2C7H11NOS.C6H11N3.C5H10N2O2S/c2*1-7(2,3)5-4-6(9)10-8-5;1-7(2,3)5-4-6(10)9-8-5;1-6(2,3)5-4-7-9-8-5;1-5(2,3)4-6-9-10(8)7-4/h3*4H2,1-3H3;4H2,1-3H3;1-3H3,(H,6,7). The molecule has 0 radical (unpaired) electrons. The minimum atomic E-state index is -1.52. The smallest absolute Gasteiger partial charge is 0.340 e. The predicted octanol–water partition coefficient (Wildman–Crippen LogP) is 7.92. The summed E-state index contributed by atoms with van der Waals surface area (Å²) in [6, 6.07) is 0. The molecule has 0 aliphatic carbocycles. The second-order valence-electron chi connectivity index (χ2n) is 16.6. The summed E-state index contributed by atoms with van der Waals surface area (Å²) in [4.78, 5) is 30.6. The van der Waals surface area contributed by atoms with Crippen molar-refractivity contribution in [2.45, 2.75) is 123 Å². The van der Waals surface area contributed by atoms with Gasteiger partial charge in [-0.2, -0.15) is 9.40 Å². The predicted molar refractivity (Wildman–Crippen MR) is 203 cm³/mol. The molecule has 0 aromatic carbocycles. The van der Waals surface area contributed by atoms with Gasteiger partial charge in [0.2, 0.25) is 10.2 Å². The SMILES string of the molecule is CC(C)(C)C1=NN=NC1.CC(C)(C)C1=NOC(=O)C1.CC(C)(C)C1=NOC(=S)C1.CC(C)(C)C1=NS(=O)ON1.CC(C)(C)C1=NSC(=O)C1. The number of nitrogens with one attached hydrogen (secondary N) is 1. The summed E-state index contributed by atoms with van der Waals surface area (Å²) in [7, 11) is 0. The summed E-state index contributed by atoms with van der Waals surface area (Å²) >= 11 is 4.39. The molecule has 17 heteroatoms. The van der Waals surface area contributed by atoms with Gasteiger partial charge in [-0.3, -0.25) is 4.79 Å². The van der Waals surface area contributed by atoms with Crippen molar-refractivity contribution < 1.29 is 27.8 Å². The number of hydrogen-bond acceptors (Lipinski definition) is 15. The third kappa shape index (κ3) is 17.1. The zero-order valence-electron chi connectivity index (χ0n) is 31.6. The number of nitrogens with zero attached hydrogens (tertiary/aromatic N) is 7. The van der Waals surface area contributed by atoms with Gasteiger partial charge in [0, 0.05) is 44.7 Å². The molecule has 5 aliphatic rings. The molecule has 0 aromatic rings. The molecule has 5 heterocycles. The van der Waals surface area contributed by atoms with E-state index in [4.69, 9.17) is 17.1 Å². The summed E-state index contributed by atoms with van der Waals surface area (Å²) in [5, 5.41) is 19.5. The van der Waals surface area contributed by atoms with Crippen LogP contribution in [0.5, 0.6) is 0 Å². The largest absolute Gasteiger partial charge is 0.349 e. The highest BCUT2D eigenvalue weighted by Crippen LogP contribution is 2.28. The van der Waals surface area contributed by atoms with E-state index in [1.807, 2.05) is 41.5 Å². The molecule has 0 bridgehead atoms. The van der Waals surface area contributed by atoms with E-state index >= 15 is 0 Å². The second-order valence-corrected chi connectivity index (χ2v) is 18.6. The minimum Gasteiger partial charge on any atom is -0.349 e. The molecule has 0 amide bonds. The highest BCUT2D eigenvalue weighted by atomic mass is 32.2. The lowest BCUT2D eigenvalue weighted by atomic mass is 9.88. The summed E-state index contributed by atoms with van der Waals surface area (Å²) in [6.07, 6.45) is 1.61. The van der Waals surface area contributed by atoms with E-state index in [0.717, 1.165) is 41.2 Å². The van der Waals surface area contributed by atoms with Gasteiger partial charge in [0.15, 0.2) is 0 Å². The quantitative estimate of drug-likeness (QED) is 0.147. The van der Waals surface area contributed by atoms with Crippen LogP contribution >= 0.6 is 24.2 Å². The Hall–Kier alpha value is -2.76. The lowest BCUT2D eigenvalue weighted by Crippen LogP contribution is -2.30. The molecule has 0 aromatic heterocycles. The van der Waals surface area contributed by atoms with Crippen molar-refractivity contribution in [1.82, 2.24) is 5.48 Å². The number of carbonyl (C=O) groups excluding carboxylic acids is 2. The number of thiocarbonyl (C=S) groups is 1. The Morgan fingerprint density at radius 2 is 1.20 bits per heavy atom. The zero-order valence-corrected chi connectivity index (χ0v) is 34.1. The molecule has 1 N–H and O–H groups in total. The van der Waals surface area contributed by atoms with E-state index in [2.05, 4.69) is 111 Å². The van der Waals surface area contributed by atoms with Crippen molar-refractivity contribution in [3.05, 3.63) is 0 Å². The fourth-order valence-electron chi connectivity index (χ4n) is 3.21. The Morgan fingerprint density at radius 3 is 1.41 bits per heavy atom. The first-order valence-electron chi connectivity index (χ1n) is 15.8. The normalized spacial score (nSPS) is 20.3. The maximum Gasteiger partial charge on any atom is 0.340 e. The maximum absolute atomic E-state index is 10.7. The molecule has 0 saturated heterocycles. The van der Waals surface area contributed by atoms with E-state index < -0.39 is 11.3 Å². The Kier molecular flexibility index (Phi) is 16.2. The van der Waals surface area contributed by atoms with Gasteiger partial charge in [-0.25, -0.2) is 18.9 Å². The van der Waals surface area contributed by atoms with Crippen LogP contribution in [0.3, 0.4) is 0 Å². The van der Waals surface area contributed by atoms with Gasteiger partial charge in [0.1, 0.15) is 12.4 Å². The third-order valence-corrected chi connectivity index (χ3v) is 8.14. The molecule has 14 nitrogen and oxygen atoms in total. The summed E-state index contributed by atoms with van der Waals surface area (Å²) < 4.78 is 22.8.